The summed E-state index contributed by atoms with van der Waals surface area (Å²) >= 11 is 0. The summed E-state index contributed by atoms with van der Waals surface area (Å²) < 4.78 is 5.21. The highest BCUT2D eigenvalue weighted by atomic mass is 16.6. The number of hydrogen-bond acceptors (Lipinski definition) is 4. The largest absolute Gasteiger partial charge is 0.444 e. The zero-order valence-corrected chi connectivity index (χ0v) is 13.6. The molecule has 0 saturated heterocycles. The van der Waals surface area contributed by atoms with Crippen LogP contribution in [0.1, 0.15) is 32.8 Å². The predicted molar refractivity (Wildman–Crippen MR) is 85.6 cm³/mol. The topological polar surface area (TPSA) is 78.8 Å². The number of carbonyl (C=O) groups excluding carboxylic acids is 1. The minimum Gasteiger partial charge on any atom is -0.444 e. The third-order valence-electron chi connectivity index (χ3n) is 3.12. The van der Waals surface area contributed by atoms with E-state index in [1.165, 1.54) is 0 Å². The van der Waals surface area contributed by atoms with Crippen molar-refractivity contribution in [1.82, 2.24) is 5.32 Å². The molecule has 0 bridgehead atoms. The Morgan fingerprint density at radius 1 is 1.27 bits per heavy atom. The number of alkyl carbamates (subject to hydrolysis) is 1. The third-order valence-corrected chi connectivity index (χ3v) is 3.12. The Bertz CT molecular complexity index is 442. The summed E-state index contributed by atoms with van der Waals surface area (Å²) in [5.41, 5.74) is 0.590. The quantitative estimate of drug-likeness (QED) is 0.721. The van der Waals surface area contributed by atoms with Gasteiger partial charge in [-0.3, -0.25) is 0 Å². The van der Waals surface area contributed by atoms with Crippen LogP contribution in [-0.2, 0) is 11.2 Å². The Labute approximate surface area is 132 Å². The normalized spacial score (nSPS) is 14.2. The van der Waals surface area contributed by atoms with E-state index in [1.807, 2.05) is 51.1 Å². The molecule has 1 aromatic carbocycles. The molecule has 0 fully saturated rings. The van der Waals surface area contributed by atoms with Crippen LogP contribution in [0.2, 0.25) is 0 Å². The van der Waals surface area contributed by atoms with Crippen LogP contribution in [0.25, 0.3) is 0 Å². The molecule has 0 aliphatic carbocycles. The molecular weight excluding hydrogens is 282 g/mol. The van der Waals surface area contributed by atoms with Gasteiger partial charge in [0.2, 0.25) is 0 Å². The van der Waals surface area contributed by atoms with Crippen molar-refractivity contribution >= 4 is 6.09 Å². The number of hydrogen-bond donors (Lipinski definition) is 3. The first-order chi connectivity index (χ1) is 10.3. The summed E-state index contributed by atoms with van der Waals surface area (Å²) in [5, 5.41) is 21.4. The monoisotopic (exact) mass is 309 g/mol. The lowest BCUT2D eigenvalue weighted by molar-refractivity contribution is 0.0491. The molecule has 22 heavy (non-hydrogen) atoms. The molecule has 0 aromatic heterocycles. The standard InChI is InChI=1S/C17H27NO4/c1-17(2,3)22-16(21)18-11-14(10-15(20)12-19)9-13-7-5-4-6-8-13/h4-8,14-15,19-20H,9-12H2,1-3H3,(H,18,21)/t14-,15?/m1/s1. The highest BCUT2D eigenvalue weighted by Gasteiger charge is 2.19. The second-order valence-corrected chi connectivity index (χ2v) is 6.51. The van der Waals surface area contributed by atoms with Gasteiger partial charge in [-0.25, -0.2) is 4.79 Å². The number of rotatable bonds is 7. The fourth-order valence-corrected chi connectivity index (χ4v) is 2.19. The van der Waals surface area contributed by atoms with E-state index < -0.39 is 17.8 Å². The highest BCUT2D eigenvalue weighted by molar-refractivity contribution is 5.67. The zero-order chi connectivity index (χ0) is 16.6. The molecule has 1 unspecified atom stereocenters. The second-order valence-electron chi connectivity index (χ2n) is 6.51. The van der Waals surface area contributed by atoms with E-state index in [0.29, 0.717) is 19.4 Å². The minimum atomic E-state index is -0.783. The van der Waals surface area contributed by atoms with Crippen LogP contribution >= 0.6 is 0 Å². The minimum absolute atomic E-state index is 0.0251. The van der Waals surface area contributed by atoms with E-state index in [2.05, 4.69) is 5.32 Å². The first-order valence-corrected chi connectivity index (χ1v) is 7.60. The Morgan fingerprint density at radius 3 is 2.45 bits per heavy atom. The van der Waals surface area contributed by atoms with Gasteiger partial charge < -0.3 is 20.3 Å². The summed E-state index contributed by atoms with van der Waals surface area (Å²) in [6.45, 7) is 5.54. The second kappa shape index (κ2) is 8.76. The van der Waals surface area contributed by atoms with E-state index in [1.54, 1.807) is 0 Å². The van der Waals surface area contributed by atoms with Crippen LogP contribution in [0.5, 0.6) is 0 Å². The average Bonchev–Trinajstić information content (AvgIpc) is 2.44. The fraction of sp³-hybridized carbons (Fsp3) is 0.588. The van der Waals surface area contributed by atoms with Crippen molar-refractivity contribution in [2.75, 3.05) is 13.2 Å². The van der Waals surface area contributed by atoms with Crippen LogP contribution in [0, 0.1) is 5.92 Å². The summed E-state index contributed by atoms with van der Waals surface area (Å²) in [6, 6.07) is 9.87. The maximum atomic E-state index is 11.7. The van der Waals surface area contributed by atoms with Gasteiger partial charge in [0, 0.05) is 6.54 Å². The van der Waals surface area contributed by atoms with Crippen molar-refractivity contribution in [2.24, 2.45) is 5.92 Å². The van der Waals surface area contributed by atoms with Gasteiger partial charge in [-0.05, 0) is 45.1 Å². The molecule has 0 radical (unpaired) electrons. The SMILES string of the molecule is CC(C)(C)OC(=O)NC[C@H](Cc1ccccc1)CC(O)CO. The van der Waals surface area contributed by atoms with Crippen molar-refractivity contribution in [3.05, 3.63) is 35.9 Å². The van der Waals surface area contributed by atoms with Crippen molar-refractivity contribution < 1.29 is 19.7 Å². The summed E-state index contributed by atoms with van der Waals surface area (Å²) in [5.74, 6) is 0.0251. The Hall–Kier alpha value is -1.59. The first-order valence-electron chi connectivity index (χ1n) is 7.60. The number of carbonyl (C=O) groups is 1. The summed E-state index contributed by atoms with van der Waals surface area (Å²) in [7, 11) is 0. The Morgan fingerprint density at radius 2 is 1.91 bits per heavy atom. The lowest BCUT2D eigenvalue weighted by Gasteiger charge is -2.23. The molecule has 1 aromatic rings. The van der Waals surface area contributed by atoms with E-state index in [-0.39, 0.29) is 12.5 Å². The fourth-order valence-electron chi connectivity index (χ4n) is 2.19. The third kappa shape index (κ3) is 8.00. The van der Waals surface area contributed by atoms with Crippen LogP contribution in [-0.4, -0.2) is 41.2 Å². The number of ether oxygens (including phenoxy) is 1. The van der Waals surface area contributed by atoms with E-state index >= 15 is 0 Å². The van der Waals surface area contributed by atoms with Crippen molar-refractivity contribution in [1.29, 1.82) is 0 Å². The molecule has 124 valence electrons. The molecule has 0 heterocycles. The number of aliphatic hydroxyl groups excluding tert-OH is 2. The maximum absolute atomic E-state index is 11.7. The van der Waals surface area contributed by atoms with Gasteiger partial charge >= 0.3 is 6.09 Å². The molecular formula is C17H27NO4. The highest BCUT2D eigenvalue weighted by Crippen LogP contribution is 2.14. The van der Waals surface area contributed by atoms with Crippen LogP contribution in [0.3, 0.4) is 0 Å². The van der Waals surface area contributed by atoms with Gasteiger partial charge in [0.05, 0.1) is 12.7 Å². The number of benzene rings is 1. The van der Waals surface area contributed by atoms with E-state index in [9.17, 15) is 9.90 Å². The van der Waals surface area contributed by atoms with Gasteiger partial charge in [-0.2, -0.15) is 0 Å². The number of aliphatic hydroxyl groups is 2. The molecule has 0 spiro atoms. The predicted octanol–water partition coefficient (Wildman–Crippen LogP) is 2.11. The van der Waals surface area contributed by atoms with Crippen molar-refractivity contribution in [2.45, 2.75) is 45.3 Å². The van der Waals surface area contributed by atoms with Crippen LogP contribution in [0.15, 0.2) is 30.3 Å². The maximum Gasteiger partial charge on any atom is 0.407 e. The molecule has 1 amide bonds. The smallest absolute Gasteiger partial charge is 0.407 e. The van der Waals surface area contributed by atoms with E-state index in [0.717, 1.165) is 5.56 Å². The molecule has 2 atom stereocenters. The van der Waals surface area contributed by atoms with Crippen LogP contribution in [0.4, 0.5) is 4.79 Å². The molecule has 1 rings (SSSR count). The lowest BCUT2D eigenvalue weighted by Crippen LogP contribution is -2.36. The Kier molecular flexibility index (Phi) is 7.35. The van der Waals surface area contributed by atoms with Gasteiger partial charge in [0.25, 0.3) is 0 Å². The summed E-state index contributed by atoms with van der Waals surface area (Å²) in [4.78, 5) is 11.7. The molecule has 5 nitrogen and oxygen atoms in total. The molecule has 5 heteroatoms. The van der Waals surface area contributed by atoms with Crippen molar-refractivity contribution in [3.8, 4) is 0 Å². The van der Waals surface area contributed by atoms with Gasteiger partial charge in [0.15, 0.2) is 0 Å². The molecule has 0 aliphatic heterocycles. The lowest BCUT2D eigenvalue weighted by atomic mass is 9.93. The zero-order valence-electron chi connectivity index (χ0n) is 13.6. The first kappa shape index (κ1) is 18.5. The average molecular weight is 309 g/mol. The van der Waals surface area contributed by atoms with Gasteiger partial charge in [-0.1, -0.05) is 30.3 Å². The van der Waals surface area contributed by atoms with Gasteiger partial charge in [-0.15, -0.1) is 0 Å². The number of amides is 1. The van der Waals surface area contributed by atoms with Crippen LogP contribution < -0.4 is 5.32 Å². The van der Waals surface area contributed by atoms with Gasteiger partial charge in [0.1, 0.15) is 5.60 Å². The van der Waals surface area contributed by atoms with E-state index in [4.69, 9.17) is 9.84 Å². The molecule has 3 N–H and O–H groups in total. The van der Waals surface area contributed by atoms with Crippen molar-refractivity contribution in [3.63, 3.8) is 0 Å². The Balaban J connectivity index is 2.56. The summed E-state index contributed by atoms with van der Waals surface area (Å²) in [6.07, 6.45) is -0.118. The number of nitrogens with one attached hydrogen (secondary N) is 1. The molecule has 0 saturated carbocycles. The molecule has 0 aliphatic rings.